The van der Waals surface area contributed by atoms with Gasteiger partial charge in [0.05, 0.1) is 10.5 Å². The molecule has 2 aromatic carbocycles. The molecule has 0 aliphatic rings. The minimum atomic E-state index is -4.93. The van der Waals surface area contributed by atoms with Gasteiger partial charge in [-0.3, -0.25) is 4.79 Å². The summed E-state index contributed by atoms with van der Waals surface area (Å²) in [7, 11) is -4.93. The molecule has 0 radical (unpaired) electrons. The topological polar surface area (TPSA) is 119 Å². The third kappa shape index (κ3) is 4.85. The second-order valence-corrected chi connectivity index (χ2v) is 8.56. The molecule has 0 aliphatic heterocycles. The number of alkyl halides is 2. The summed E-state index contributed by atoms with van der Waals surface area (Å²) in [5, 5.41) is 9.72. The molecule has 4 aromatic rings. The average Bonchev–Trinajstić information content (AvgIpc) is 3.35. The van der Waals surface area contributed by atoms with E-state index in [-0.39, 0.29) is 5.56 Å². The molecule has 9 nitrogen and oxygen atoms in total. The van der Waals surface area contributed by atoms with Crippen molar-refractivity contribution in [3.63, 3.8) is 0 Å². The van der Waals surface area contributed by atoms with Gasteiger partial charge in [-0.25, -0.2) is 23.1 Å². The Kier molecular flexibility index (Phi) is 6.09. The van der Waals surface area contributed by atoms with Crippen LogP contribution in [0, 0.1) is 0 Å². The number of halogens is 2. The number of anilines is 3. The molecule has 0 unspecified atom stereocenters. The highest BCUT2D eigenvalue weighted by Gasteiger charge is 2.30. The molecule has 12 heteroatoms. The first-order chi connectivity index (χ1) is 15.8. The Morgan fingerprint density at radius 1 is 0.970 bits per heavy atom. The SMILES string of the molecule is O=C(Nc1ccc(Nc2cc(-n3cccn3)ncn2)cc1)c1ccccc1S(=O)(=O)C(F)F. The molecule has 0 atom stereocenters. The van der Waals surface area contributed by atoms with E-state index in [2.05, 4.69) is 25.7 Å². The number of rotatable bonds is 7. The first-order valence-corrected chi connectivity index (χ1v) is 11.0. The number of carbonyl (C=O) groups excluding carboxylic acids is 1. The lowest BCUT2D eigenvalue weighted by Gasteiger charge is -2.11. The zero-order chi connectivity index (χ0) is 23.4. The zero-order valence-electron chi connectivity index (χ0n) is 16.8. The second kappa shape index (κ2) is 9.12. The van der Waals surface area contributed by atoms with Crippen molar-refractivity contribution in [3.8, 4) is 5.82 Å². The van der Waals surface area contributed by atoms with Crippen molar-refractivity contribution in [2.24, 2.45) is 0 Å². The number of aromatic nitrogens is 4. The van der Waals surface area contributed by atoms with E-state index in [0.717, 1.165) is 6.07 Å². The molecule has 168 valence electrons. The summed E-state index contributed by atoms with van der Waals surface area (Å²) in [6.45, 7) is 0. The molecular formula is C21H16F2N6O3S. The van der Waals surface area contributed by atoms with E-state index in [1.807, 2.05) is 0 Å². The zero-order valence-corrected chi connectivity index (χ0v) is 17.6. The third-order valence-electron chi connectivity index (χ3n) is 4.48. The van der Waals surface area contributed by atoms with Crippen molar-refractivity contribution in [2.75, 3.05) is 10.6 Å². The van der Waals surface area contributed by atoms with Crippen molar-refractivity contribution in [1.29, 1.82) is 0 Å². The summed E-state index contributed by atoms with van der Waals surface area (Å²) >= 11 is 0. The summed E-state index contributed by atoms with van der Waals surface area (Å²) in [6.07, 6.45) is 4.76. The predicted molar refractivity (Wildman–Crippen MR) is 116 cm³/mol. The predicted octanol–water partition coefficient (Wildman–Crippen LogP) is 3.65. The standard InChI is InChI=1S/C21H16F2N6O3S/c22-21(23)33(31,32)17-5-2-1-4-16(17)20(30)28-15-8-6-14(7-9-15)27-18-12-19(25-13-24-18)29-11-3-10-26-29/h1-13,21H,(H,28,30)(H,24,25,27). The highest BCUT2D eigenvalue weighted by Crippen LogP contribution is 2.24. The number of benzene rings is 2. The summed E-state index contributed by atoms with van der Waals surface area (Å²) in [5.41, 5.74) is 0.626. The van der Waals surface area contributed by atoms with Gasteiger partial charge < -0.3 is 10.6 Å². The van der Waals surface area contributed by atoms with Crippen LogP contribution in [0.1, 0.15) is 10.4 Å². The highest BCUT2D eigenvalue weighted by atomic mass is 32.2. The molecule has 4 rings (SSSR count). The lowest BCUT2D eigenvalue weighted by atomic mass is 10.2. The summed E-state index contributed by atoms with van der Waals surface area (Å²) < 4.78 is 51.2. The second-order valence-electron chi connectivity index (χ2n) is 6.67. The van der Waals surface area contributed by atoms with Crippen LogP contribution in [0.3, 0.4) is 0 Å². The summed E-state index contributed by atoms with van der Waals surface area (Å²) in [4.78, 5) is 20.1. The third-order valence-corrected chi connectivity index (χ3v) is 5.92. The van der Waals surface area contributed by atoms with Crippen molar-refractivity contribution >= 4 is 32.9 Å². The first-order valence-electron chi connectivity index (χ1n) is 9.46. The van der Waals surface area contributed by atoms with Gasteiger partial charge in [-0.15, -0.1) is 0 Å². The van der Waals surface area contributed by atoms with Gasteiger partial charge in [0.2, 0.25) is 9.84 Å². The van der Waals surface area contributed by atoms with E-state index in [9.17, 15) is 22.0 Å². The Bertz CT molecular complexity index is 1380. The molecule has 2 heterocycles. The van der Waals surface area contributed by atoms with E-state index in [0.29, 0.717) is 23.0 Å². The van der Waals surface area contributed by atoms with Crippen LogP contribution in [0.2, 0.25) is 0 Å². The number of amides is 1. The number of sulfone groups is 1. The van der Waals surface area contributed by atoms with Crippen LogP contribution in [0.25, 0.3) is 5.82 Å². The minimum absolute atomic E-state index is 0.342. The van der Waals surface area contributed by atoms with Crippen LogP contribution < -0.4 is 10.6 Å². The Morgan fingerprint density at radius 2 is 1.70 bits per heavy atom. The van der Waals surface area contributed by atoms with Crippen LogP contribution in [0.4, 0.5) is 26.0 Å². The van der Waals surface area contributed by atoms with E-state index in [1.165, 1.54) is 24.5 Å². The quantitative estimate of drug-likeness (QED) is 0.423. The minimum Gasteiger partial charge on any atom is -0.340 e. The van der Waals surface area contributed by atoms with Crippen molar-refractivity contribution < 1.29 is 22.0 Å². The molecule has 0 spiro atoms. The molecular weight excluding hydrogens is 454 g/mol. The van der Waals surface area contributed by atoms with Gasteiger partial charge in [0, 0.05) is 29.8 Å². The molecule has 2 N–H and O–H groups in total. The number of nitrogens with zero attached hydrogens (tertiary/aromatic N) is 4. The van der Waals surface area contributed by atoms with Gasteiger partial charge in [-0.1, -0.05) is 12.1 Å². The van der Waals surface area contributed by atoms with E-state index in [4.69, 9.17) is 0 Å². The van der Waals surface area contributed by atoms with Crippen LogP contribution in [0.5, 0.6) is 0 Å². The first kappa shape index (κ1) is 22.0. The summed E-state index contributed by atoms with van der Waals surface area (Å²) in [6, 6.07) is 14.7. The average molecular weight is 470 g/mol. The fourth-order valence-electron chi connectivity index (χ4n) is 2.93. The molecule has 2 aromatic heterocycles. The number of carbonyl (C=O) groups is 1. The summed E-state index contributed by atoms with van der Waals surface area (Å²) in [5.74, 6) is -3.38. The van der Waals surface area contributed by atoms with Crippen LogP contribution in [0.15, 0.2) is 84.3 Å². The molecule has 0 saturated heterocycles. The Balaban J connectivity index is 1.48. The highest BCUT2D eigenvalue weighted by molar-refractivity contribution is 7.91. The Hall–Kier alpha value is -4.19. The van der Waals surface area contributed by atoms with Crippen molar-refractivity contribution in [2.45, 2.75) is 10.7 Å². The van der Waals surface area contributed by atoms with Gasteiger partial charge in [0.25, 0.3) is 5.91 Å². The molecule has 1 amide bonds. The molecule has 0 bridgehead atoms. The van der Waals surface area contributed by atoms with E-state index >= 15 is 0 Å². The van der Waals surface area contributed by atoms with Crippen LogP contribution in [-0.4, -0.2) is 39.8 Å². The largest absolute Gasteiger partial charge is 0.341 e. The van der Waals surface area contributed by atoms with Crippen LogP contribution in [-0.2, 0) is 9.84 Å². The van der Waals surface area contributed by atoms with Gasteiger partial charge in [-0.05, 0) is 42.5 Å². The van der Waals surface area contributed by atoms with Gasteiger partial charge in [-0.2, -0.15) is 13.9 Å². The molecule has 0 aliphatic carbocycles. The normalized spacial score (nSPS) is 11.4. The number of hydrogen-bond acceptors (Lipinski definition) is 7. The van der Waals surface area contributed by atoms with E-state index < -0.39 is 26.4 Å². The maximum atomic E-state index is 13.0. The van der Waals surface area contributed by atoms with Crippen molar-refractivity contribution in [3.05, 3.63) is 84.9 Å². The molecule has 0 fully saturated rings. The monoisotopic (exact) mass is 470 g/mol. The fraction of sp³-hybridized carbons (Fsp3) is 0.0476. The lowest BCUT2D eigenvalue weighted by molar-refractivity contribution is 0.102. The van der Waals surface area contributed by atoms with Crippen molar-refractivity contribution in [1.82, 2.24) is 19.7 Å². The Labute approximate surface area is 187 Å². The maximum absolute atomic E-state index is 13.0. The van der Waals surface area contributed by atoms with E-state index in [1.54, 1.807) is 53.5 Å². The van der Waals surface area contributed by atoms with Crippen LogP contribution >= 0.6 is 0 Å². The smallest absolute Gasteiger partial charge is 0.340 e. The fourth-order valence-corrected chi connectivity index (χ4v) is 3.85. The maximum Gasteiger partial charge on any atom is 0.341 e. The number of hydrogen-bond donors (Lipinski definition) is 2. The molecule has 0 saturated carbocycles. The Morgan fingerprint density at radius 3 is 2.39 bits per heavy atom. The van der Waals surface area contributed by atoms with Gasteiger partial charge in [0.15, 0.2) is 5.82 Å². The van der Waals surface area contributed by atoms with Gasteiger partial charge >= 0.3 is 5.76 Å². The lowest BCUT2D eigenvalue weighted by Crippen LogP contribution is -2.19. The molecule has 33 heavy (non-hydrogen) atoms. The number of nitrogens with one attached hydrogen (secondary N) is 2. The van der Waals surface area contributed by atoms with Gasteiger partial charge in [0.1, 0.15) is 12.1 Å².